The van der Waals surface area contributed by atoms with Crippen molar-refractivity contribution < 1.29 is 17.7 Å². The van der Waals surface area contributed by atoms with Crippen molar-refractivity contribution in [2.45, 2.75) is 25.8 Å². The second-order valence-corrected chi connectivity index (χ2v) is 12.9. The molecule has 2 aliphatic heterocycles. The van der Waals surface area contributed by atoms with Gasteiger partial charge < -0.3 is 19.9 Å². The first kappa shape index (κ1) is 29.6. The van der Waals surface area contributed by atoms with E-state index >= 15 is 0 Å². The molecule has 0 bridgehead atoms. The van der Waals surface area contributed by atoms with Gasteiger partial charge >= 0.3 is 10.3 Å². The second kappa shape index (κ2) is 11.9. The number of likely N-dealkylation sites (N-methyl/N-ethyl adjacent to an activating group) is 1. The number of halogens is 1. The number of hydrogen-bond donors (Lipinski definition) is 2. The van der Waals surface area contributed by atoms with Crippen LogP contribution in [0.15, 0.2) is 48.8 Å². The van der Waals surface area contributed by atoms with Crippen LogP contribution in [0.5, 0.6) is 5.75 Å². The molecular weight excluding hydrogens is 590 g/mol. The molecule has 4 aromatic rings. The van der Waals surface area contributed by atoms with Crippen LogP contribution in [0.25, 0.3) is 22.2 Å². The molecule has 2 N–H and O–H groups in total. The summed E-state index contributed by atoms with van der Waals surface area (Å²) in [5.41, 5.74) is 4.03. The smallest absolute Gasteiger partial charge is 0.363 e. The fourth-order valence-corrected chi connectivity index (χ4v) is 7.05. The van der Waals surface area contributed by atoms with Crippen molar-refractivity contribution in [3.63, 3.8) is 0 Å². The summed E-state index contributed by atoms with van der Waals surface area (Å²) in [6.07, 6.45) is 5.05. The van der Waals surface area contributed by atoms with E-state index in [0.29, 0.717) is 39.6 Å². The summed E-state index contributed by atoms with van der Waals surface area (Å²) in [6, 6.07) is 11.5. The lowest BCUT2D eigenvalue weighted by molar-refractivity contribution is 0.0982. The number of anilines is 3. The maximum Gasteiger partial charge on any atom is 0.363 e. The summed E-state index contributed by atoms with van der Waals surface area (Å²) in [5, 5.41) is 4.07. The minimum Gasteiger partial charge on any atom is -0.494 e. The molecule has 0 saturated carbocycles. The highest BCUT2D eigenvalue weighted by Crippen LogP contribution is 2.38. The number of nitrogens with one attached hydrogen (secondary N) is 1. The lowest BCUT2D eigenvalue weighted by Crippen LogP contribution is -2.52. The van der Waals surface area contributed by atoms with Crippen LogP contribution in [0, 0.1) is 6.92 Å². The van der Waals surface area contributed by atoms with Gasteiger partial charge in [0.1, 0.15) is 5.75 Å². The van der Waals surface area contributed by atoms with E-state index in [4.69, 9.17) is 16.3 Å². The molecule has 0 spiro atoms. The maximum absolute atomic E-state index is 12.0. The zero-order chi connectivity index (χ0) is 30.3. The number of aryl methyl sites for hydroxylation is 1. The van der Waals surface area contributed by atoms with E-state index < -0.39 is 10.3 Å². The Morgan fingerprint density at radius 2 is 1.79 bits per heavy atom. The minimum absolute atomic E-state index is 0.238. The number of hydrogen-bond acceptors (Lipinski definition) is 9. The molecule has 0 amide bonds. The molecule has 2 fully saturated rings. The number of rotatable bonds is 7. The summed E-state index contributed by atoms with van der Waals surface area (Å²) in [5.74, 6) is 0.923. The van der Waals surface area contributed by atoms with Crippen LogP contribution in [-0.4, -0.2) is 96.2 Å². The molecule has 0 radical (unpaired) electrons. The predicted octanol–water partition coefficient (Wildman–Crippen LogP) is 4.68. The van der Waals surface area contributed by atoms with Gasteiger partial charge in [-0.2, -0.15) is 8.42 Å². The van der Waals surface area contributed by atoms with Crippen LogP contribution >= 0.6 is 11.6 Å². The zero-order valence-electron chi connectivity index (χ0n) is 24.5. The van der Waals surface area contributed by atoms with Crippen LogP contribution in [-0.2, 0) is 10.3 Å². The first-order chi connectivity index (χ1) is 20.6. The molecule has 11 nitrogen and oxygen atoms in total. The number of benzene rings is 2. The van der Waals surface area contributed by atoms with Crippen molar-refractivity contribution in [1.29, 1.82) is 0 Å². The van der Waals surface area contributed by atoms with Crippen molar-refractivity contribution in [2.24, 2.45) is 0 Å². The Labute approximate surface area is 256 Å². The van der Waals surface area contributed by atoms with Gasteiger partial charge in [0, 0.05) is 74.2 Å². The van der Waals surface area contributed by atoms with Gasteiger partial charge in [-0.25, -0.2) is 13.9 Å². The number of piperazine rings is 1. The number of fused-ring (bicyclic) bond motifs is 1. The average Bonchev–Trinajstić information content (AvgIpc) is 3.39. The van der Waals surface area contributed by atoms with E-state index in [0.717, 1.165) is 67.3 Å². The SMILES string of the molecule is COc1cc(N2CCC(N3CCN(C)CC3)CC2)c(C)cc1Nc1ncc(Cl)c(-c2cn(S(=O)(=O)O)c3ccccc23)n1. The first-order valence-corrected chi connectivity index (χ1v) is 16.1. The highest BCUT2D eigenvalue weighted by Gasteiger charge is 2.28. The monoisotopic (exact) mass is 625 g/mol. The average molecular weight is 626 g/mol. The van der Waals surface area contributed by atoms with Crippen LogP contribution in [0.2, 0.25) is 5.02 Å². The van der Waals surface area contributed by atoms with Crippen LogP contribution in [0.1, 0.15) is 18.4 Å². The molecule has 6 rings (SSSR count). The second-order valence-electron chi connectivity index (χ2n) is 11.2. The minimum atomic E-state index is -4.54. The zero-order valence-corrected chi connectivity index (χ0v) is 26.1. The van der Waals surface area contributed by atoms with Crippen molar-refractivity contribution >= 4 is 50.1 Å². The fourth-order valence-electron chi connectivity index (χ4n) is 6.21. The largest absolute Gasteiger partial charge is 0.494 e. The Bertz CT molecular complexity index is 1750. The Hall–Kier alpha value is -3.42. The van der Waals surface area contributed by atoms with Crippen molar-refractivity contribution in [3.8, 4) is 17.0 Å². The number of aromatic nitrogens is 3. The van der Waals surface area contributed by atoms with Gasteiger partial charge in [0.15, 0.2) is 0 Å². The molecule has 2 saturated heterocycles. The summed E-state index contributed by atoms with van der Waals surface area (Å²) < 4.78 is 40.5. The van der Waals surface area contributed by atoms with Crippen LogP contribution in [0.3, 0.4) is 0 Å². The third kappa shape index (κ3) is 6.02. The third-order valence-electron chi connectivity index (χ3n) is 8.55. The summed E-state index contributed by atoms with van der Waals surface area (Å²) >= 11 is 6.51. The Morgan fingerprint density at radius 1 is 1.07 bits per heavy atom. The lowest BCUT2D eigenvalue weighted by Gasteiger charge is -2.43. The molecule has 13 heteroatoms. The van der Waals surface area contributed by atoms with Crippen molar-refractivity contribution in [2.75, 3.05) is 63.6 Å². The Morgan fingerprint density at radius 3 is 2.49 bits per heavy atom. The number of ether oxygens (including phenoxy) is 1. The van der Waals surface area contributed by atoms with Gasteiger partial charge in [-0.3, -0.25) is 9.45 Å². The third-order valence-corrected chi connectivity index (χ3v) is 9.63. The van der Waals surface area contributed by atoms with Gasteiger partial charge in [-0.1, -0.05) is 29.8 Å². The molecule has 0 atom stereocenters. The number of para-hydroxylation sites is 1. The first-order valence-electron chi connectivity index (χ1n) is 14.4. The Balaban J connectivity index is 1.24. The van der Waals surface area contributed by atoms with Crippen molar-refractivity contribution in [3.05, 3.63) is 59.4 Å². The molecule has 43 heavy (non-hydrogen) atoms. The fraction of sp³-hybridized carbons (Fsp3) is 0.400. The number of piperidine rings is 1. The normalized spacial score (nSPS) is 17.5. The van der Waals surface area contributed by atoms with Crippen LogP contribution < -0.4 is 15.0 Å². The molecule has 2 aromatic heterocycles. The maximum atomic E-state index is 12.0. The summed E-state index contributed by atoms with van der Waals surface area (Å²) in [4.78, 5) is 16.5. The quantitative estimate of drug-likeness (QED) is 0.281. The number of nitrogens with zero attached hydrogens (tertiary/aromatic N) is 6. The summed E-state index contributed by atoms with van der Waals surface area (Å²) in [7, 11) is -0.707. The topological polar surface area (TPSA) is 116 Å². The van der Waals surface area contributed by atoms with E-state index in [2.05, 4.69) is 50.0 Å². The highest BCUT2D eigenvalue weighted by molar-refractivity contribution is 7.84. The molecule has 2 aromatic carbocycles. The van der Waals surface area contributed by atoms with E-state index in [1.807, 2.05) is 6.07 Å². The molecule has 2 aliphatic rings. The van der Waals surface area contributed by atoms with Gasteiger partial charge in [0.25, 0.3) is 0 Å². The predicted molar refractivity (Wildman–Crippen MR) is 170 cm³/mol. The molecule has 0 aliphatic carbocycles. The van der Waals surface area contributed by atoms with Gasteiger partial charge in [0.2, 0.25) is 5.95 Å². The molecular formula is C30H36ClN7O4S. The lowest BCUT2D eigenvalue weighted by atomic mass is 10.0. The molecule has 0 unspecified atom stereocenters. The van der Waals surface area contributed by atoms with E-state index in [1.54, 1.807) is 31.4 Å². The van der Waals surface area contributed by atoms with Crippen LogP contribution in [0.4, 0.5) is 17.3 Å². The number of methoxy groups -OCH3 is 1. The molecule has 4 heterocycles. The highest BCUT2D eigenvalue weighted by atomic mass is 35.5. The molecule has 228 valence electrons. The van der Waals surface area contributed by atoms with E-state index in [1.165, 1.54) is 12.4 Å². The van der Waals surface area contributed by atoms with Crippen molar-refractivity contribution in [1.82, 2.24) is 23.7 Å². The van der Waals surface area contributed by atoms with Gasteiger partial charge in [-0.15, -0.1) is 0 Å². The summed E-state index contributed by atoms with van der Waals surface area (Å²) in [6.45, 7) is 8.64. The van der Waals surface area contributed by atoms with E-state index in [-0.39, 0.29) is 11.0 Å². The van der Waals surface area contributed by atoms with E-state index in [9.17, 15) is 13.0 Å². The van der Waals surface area contributed by atoms with Gasteiger partial charge in [-0.05, 0) is 44.5 Å². The Kier molecular flexibility index (Phi) is 8.22. The standard InChI is InChI=1S/C30H36ClN7O4S/c1-20-16-25(28(42-3)17-27(20)37-10-8-21(9-11-37)36-14-12-35(2)13-15-36)33-30-32-18-24(31)29(34-30)23-19-38(43(39,40)41)26-7-5-4-6-22(23)26/h4-7,16-19,21H,8-15H2,1-3H3,(H,32,33,34)(H,39,40,41). The van der Waals surface area contributed by atoms with Gasteiger partial charge in [0.05, 0.1) is 35.2 Å².